The third kappa shape index (κ3) is 4.10. The third-order valence-electron chi connectivity index (χ3n) is 3.65. The topological polar surface area (TPSA) is 33.2 Å². The van der Waals surface area contributed by atoms with Crippen LogP contribution in [0.5, 0.6) is 0 Å². The van der Waals surface area contributed by atoms with Crippen molar-refractivity contribution in [1.82, 2.24) is 9.88 Å². The first-order valence-electron chi connectivity index (χ1n) is 6.83. The molecule has 1 saturated heterocycles. The van der Waals surface area contributed by atoms with Crippen molar-refractivity contribution in [2.24, 2.45) is 5.41 Å². The molecule has 4 heteroatoms. The van der Waals surface area contributed by atoms with Gasteiger partial charge in [-0.2, -0.15) is 0 Å². The molecule has 104 valence electrons. The Labute approximate surface area is 113 Å². The zero-order chi connectivity index (χ0) is 13.9. The maximum Gasteiger partial charge on any atom is 0.182 e. The van der Waals surface area contributed by atoms with E-state index in [1.807, 2.05) is 0 Å². The van der Waals surface area contributed by atoms with Crippen molar-refractivity contribution in [1.29, 1.82) is 0 Å². The zero-order valence-electron chi connectivity index (χ0n) is 11.7. The Morgan fingerprint density at radius 1 is 1.47 bits per heavy atom. The molecule has 1 fully saturated rings. The molecule has 0 aliphatic carbocycles. The van der Waals surface area contributed by atoms with Crippen molar-refractivity contribution in [3.05, 3.63) is 29.8 Å². The van der Waals surface area contributed by atoms with E-state index in [-0.39, 0.29) is 5.78 Å². The van der Waals surface area contributed by atoms with Crippen LogP contribution in [0.3, 0.4) is 0 Å². The molecule has 0 unspecified atom stereocenters. The van der Waals surface area contributed by atoms with Gasteiger partial charge in [0.1, 0.15) is 11.5 Å². The molecule has 2 heterocycles. The van der Waals surface area contributed by atoms with E-state index in [1.54, 1.807) is 0 Å². The fourth-order valence-electron chi connectivity index (χ4n) is 2.66. The van der Waals surface area contributed by atoms with Gasteiger partial charge in [-0.1, -0.05) is 13.8 Å². The summed E-state index contributed by atoms with van der Waals surface area (Å²) in [5, 5.41) is 0. The first-order chi connectivity index (χ1) is 8.96. The van der Waals surface area contributed by atoms with E-state index in [4.69, 9.17) is 0 Å². The number of halogens is 1. The van der Waals surface area contributed by atoms with Crippen molar-refractivity contribution in [2.45, 2.75) is 33.1 Å². The summed E-state index contributed by atoms with van der Waals surface area (Å²) < 4.78 is 12.7. The molecule has 19 heavy (non-hydrogen) atoms. The molecule has 1 aromatic rings. The number of hydrogen-bond acceptors (Lipinski definition) is 3. The minimum absolute atomic E-state index is 0.0108. The molecule has 0 spiro atoms. The molecule has 0 atom stereocenters. The van der Waals surface area contributed by atoms with E-state index in [0.29, 0.717) is 17.5 Å². The maximum atomic E-state index is 12.7. The van der Waals surface area contributed by atoms with E-state index in [1.165, 1.54) is 25.0 Å². The van der Waals surface area contributed by atoms with Gasteiger partial charge in [-0.25, -0.2) is 4.39 Å². The lowest BCUT2D eigenvalue weighted by molar-refractivity contribution is 0.0892. The molecule has 1 aliphatic heterocycles. The van der Waals surface area contributed by atoms with Crippen LogP contribution in [-0.2, 0) is 0 Å². The van der Waals surface area contributed by atoms with Crippen molar-refractivity contribution in [3.8, 4) is 0 Å². The minimum atomic E-state index is -0.408. The summed E-state index contributed by atoms with van der Waals surface area (Å²) in [4.78, 5) is 18.1. The van der Waals surface area contributed by atoms with Gasteiger partial charge in [0, 0.05) is 19.5 Å². The second kappa shape index (κ2) is 5.78. The van der Waals surface area contributed by atoms with Gasteiger partial charge in [-0.15, -0.1) is 0 Å². The van der Waals surface area contributed by atoms with Crippen LogP contribution >= 0.6 is 0 Å². The molecule has 1 aliphatic rings. The molecule has 1 aromatic heterocycles. The van der Waals surface area contributed by atoms with Gasteiger partial charge in [-0.05, 0) is 36.9 Å². The standard InChI is InChI=1S/C15H21FN2O/c1-15(2)7-3-8-18(11-15)9-6-14(19)13-5-4-12(16)10-17-13/h4-5,10H,3,6-9,11H2,1-2H3. The van der Waals surface area contributed by atoms with Gasteiger partial charge in [0.2, 0.25) is 0 Å². The number of hydrogen-bond donors (Lipinski definition) is 0. The third-order valence-corrected chi connectivity index (χ3v) is 3.65. The highest BCUT2D eigenvalue weighted by Gasteiger charge is 2.26. The van der Waals surface area contributed by atoms with Crippen molar-refractivity contribution in [3.63, 3.8) is 0 Å². The number of piperidine rings is 1. The van der Waals surface area contributed by atoms with Crippen LogP contribution in [-0.4, -0.2) is 35.3 Å². The Morgan fingerprint density at radius 3 is 2.89 bits per heavy atom. The Balaban J connectivity index is 1.85. The second-order valence-corrected chi connectivity index (χ2v) is 6.08. The highest BCUT2D eigenvalue weighted by molar-refractivity contribution is 5.94. The van der Waals surface area contributed by atoms with Crippen LogP contribution < -0.4 is 0 Å². The number of aromatic nitrogens is 1. The number of nitrogens with zero attached hydrogens (tertiary/aromatic N) is 2. The number of ketones is 1. The lowest BCUT2D eigenvalue weighted by Gasteiger charge is -2.37. The largest absolute Gasteiger partial charge is 0.302 e. The van der Waals surface area contributed by atoms with E-state index in [9.17, 15) is 9.18 Å². The molecule has 3 nitrogen and oxygen atoms in total. The predicted molar refractivity (Wildman–Crippen MR) is 72.6 cm³/mol. The van der Waals surface area contributed by atoms with Crippen LogP contribution in [0.4, 0.5) is 4.39 Å². The second-order valence-electron chi connectivity index (χ2n) is 6.08. The normalized spacial score (nSPS) is 19.3. The smallest absolute Gasteiger partial charge is 0.182 e. The SMILES string of the molecule is CC1(C)CCCN(CCC(=O)c2ccc(F)cn2)C1. The van der Waals surface area contributed by atoms with E-state index in [0.717, 1.165) is 25.8 Å². The van der Waals surface area contributed by atoms with Crippen LogP contribution in [0.2, 0.25) is 0 Å². The van der Waals surface area contributed by atoms with Crippen molar-refractivity contribution in [2.75, 3.05) is 19.6 Å². The number of Topliss-reactive ketones (excluding diaryl/α,β-unsaturated/α-hetero) is 1. The summed E-state index contributed by atoms with van der Waals surface area (Å²) >= 11 is 0. The van der Waals surface area contributed by atoms with Crippen molar-refractivity contribution < 1.29 is 9.18 Å². The monoisotopic (exact) mass is 264 g/mol. The highest BCUT2D eigenvalue weighted by atomic mass is 19.1. The average Bonchev–Trinajstić information content (AvgIpc) is 2.36. The fourth-order valence-corrected chi connectivity index (χ4v) is 2.66. The van der Waals surface area contributed by atoms with Crippen LogP contribution in [0.25, 0.3) is 0 Å². The molecule has 0 radical (unpaired) electrons. The average molecular weight is 264 g/mol. The van der Waals surface area contributed by atoms with Gasteiger partial charge in [0.25, 0.3) is 0 Å². The van der Waals surface area contributed by atoms with Gasteiger partial charge >= 0.3 is 0 Å². The van der Waals surface area contributed by atoms with Crippen LogP contribution in [0.15, 0.2) is 18.3 Å². The molecule has 0 bridgehead atoms. The Kier molecular flexibility index (Phi) is 4.30. The van der Waals surface area contributed by atoms with E-state index in [2.05, 4.69) is 23.7 Å². The lowest BCUT2D eigenvalue weighted by atomic mass is 9.84. The molecular formula is C15H21FN2O. The van der Waals surface area contributed by atoms with Crippen LogP contribution in [0.1, 0.15) is 43.6 Å². The van der Waals surface area contributed by atoms with Gasteiger partial charge in [0.05, 0.1) is 6.20 Å². The summed E-state index contributed by atoms with van der Waals surface area (Å²) in [6.07, 6.45) is 3.99. The summed E-state index contributed by atoms with van der Waals surface area (Å²) in [6, 6.07) is 2.74. The number of likely N-dealkylation sites (tertiary alicyclic amines) is 1. The summed E-state index contributed by atoms with van der Waals surface area (Å²) in [5.74, 6) is -0.419. The number of carbonyl (C=O) groups is 1. The lowest BCUT2D eigenvalue weighted by Crippen LogP contribution is -2.40. The quantitative estimate of drug-likeness (QED) is 0.784. The summed E-state index contributed by atoms with van der Waals surface area (Å²) in [6.45, 7) is 7.40. The van der Waals surface area contributed by atoms with Crippen LogP contribution in [0, 0.1) is 11.2 Å². The Morgan fingerprint density at radius 2 is 2.26 bits per heavy atom. The minimum Gasteiger partial charge on any atom is -0.302 e. The fraction of sp³-hybridized carbons (Fsp3) is 0.600. The van der Waals surface area contributed by atoms with E-state index < -0.39 is 5.82 Å². The maximum absolute atomic E-state index is 12.7. The molecule has 0 N–H and O–H groups in total. The molecular weight excluding hydrogens is 243 g/mol. The first-order valence-corrected chi connectivity index (χ1v) is 6.83. The highest BCUT2D eigenvalue weighted by Crippen LogP contribution is 2.28. The Bertz CT molecular complexity index is 442. The number of carbonyl (C=O) groups excluding carboxylic acids is 1. The van der Waals surface area contributed by atoms with Gasteiger partial charge in [0.15, 0.2) is 5.78 Å². The molecule has 2 rings (SSSR count). The Hall–Kier alpha value is -1.29. The van der Waals surface area contributed by atoms with Crippen molar-refractivity contribution >= 4 is 5.78 Å². The predicted octanol–water partition coefficient (Wildman–Crippen LogP) is 2.92. The first kappa shape index (κ1) is 14.1. The number of rotatable bonds is 4. The zero-order valence-corrected chi connectivity index (χ0v) is 11.7. The summed E-state index contributed by atoms with van der Waals surface area (Å²) in [5.41, 5.74) is 0.702. The summed E-state index contributed by atoms with van der Waals surface area (Å²) in [7, 11) is 0. The molecule has 0 amide bonds. The van der Waals surface area contributed by atoms with Gasteiger partial charge in [-0.3, -0.25) is 9.78 Å². The molecule has 0 aromatic carbocycles. The van der Waals surface area contributed by atoms with Gasteiger partial charge < -0.3 is 4.90 Å². The molecule has 0 saturated carbocycles. The number of pyridine rings is 1. The van der Waals surface area contributed by atoms with E-state index >= 15 is 0 Å².